The Morgan fingerprint density at radius 3 is 2.27 bits per heavy atom. The first kappa shape index (κ1) is 13.9. The fourth-order valence-corrected chi connectivity index (χ4v) is 1.09. The Kier molecular flexibility index (Phi) is 5.93. The van der Waals surface area contributed by atoms with Crippen molar-refractivity contribution in [3.8, 4) is 0 Å². The largest absolute Gasteiger partial charge is 0.481 e. The van der Waals surface area contributed by atoms with Crippen LogP contribution in [0.4, 0.5) is 0 Å². The fourth-order valence-electron chi connectivity index (χ4n) is 1.09. The predicted molar refractivity (Wildman–Crippen MR) is 57.2 cm³/mol. The first-order valence-electron chi connectivity index (χ1n) is 5.10. The molecule has 0 radical (unpaired) electrons. The van der Waals surface area contributed by atoms with Crippen molar-refractivity contribution in [3.05, 3.63) is 0 Å². The summed E-state index contributed by atoms with van der Waals surface area (Å²) in [4.78, 5) is 21.9. The van der Waals surface area contributed by atoms with Crippen LogP contribution in [-0.4, -0.2) is 29.6 Å². The molecule has 4 N–H and O–H groups in total. The summed E-state index contributed by atoms with van der Waals surface area (Å²) in [5.41, 5.74) is 5.62. The van der Waals surface area contributed by atoms with Crippen LogP contribution < -0.4 is 11.1 Å². The Morgan fingerprint density at radius 1 is 1.33 bits per heavy atom. The Balaban J connectivity index is 3.88. The van der Waals surface area contributed by atoms with Gasteiger partial charge in [-0.3, -0.25) is 9.59 Å². The Bertz CT molecular complexity index is 229. The van der Waals surface area contributed by atoms with Gasteiger partial charge in [0.15, 0.2) is 0 Å². The highest BCUT2D eigenvalue weighted by Crippen LogP contribution is 2.02. The molecule has 5 heteroatoms. The number of carboxylic acid groups (broad SMARTS) is 1. The molecule has 88 valence electrons. The van der Waals surface area contributed by atoms with E-state index < -0.39 is 17.9 Å². The maximum atomic E-state index is 11.4. The van der Waals surface area contributed by atoms with Gasteiger partial charge in [-0.1, -0.05) is 20.8 Å². The molecule has 0 rings (SSSR count). The van der Waals surface area contributed by atoms with Crippen molar-refractivity contribution in [3.63, 3.8) is 0 Å². The smallest absolute Gasteiger partial charge is 0.308 e. The number of nitrogens with one attached hydrogen (secondary N) is 1. The minimum absolute atomic E-state index is 0.125. The van der Waals surface area contributed by atoms with Crippen molar-refractivity contribution in [2.75, 3.05) is 6.54 Å². The van der Waals surface area contributed by atoms with Crippen molar-refractivity contribution in [1.82, 2.24) is 5.32 Å². The van der Waals surface area contributed by atoms with Crippen LogP contribution >= 0.6 is 0 Å². The average molecular weight is 216 g/mol. The molecule has 1 amide bonds. The van der Waals surface area contributed by atoms with Crippen LogP contribution in [0.3, 0.4) is 0 Å². The summed E-state index contributed by atoms with van der Waals surface area (Å²) in [5.74, 6) is -1.44. The van der Waals surface area contributed by atoms with E-state index in [0.29, 0.717) is 12.3 Å². The Hall–Kier alpha value is -1.10. The maximum Gasteiger partial charge on any atom is 0.308 e. The van der Waals surface area contributed by atoms with Crippen LogP contribution in [0.25, 0.3) is 0 Å². The SMILES string of the molecule is CC(C)C[C@@H](N)C(=O)NCC(C)C(=O)O. The Morgan fingerprint density at radius 2 is 1.87 bits per heavy atom. The lowest BCUT2D eigenvalue weighted by Gasteiger charge is -2.15. The van der Waals surface area contributed by atoms with E-state index in [1.54, 1.807) is 0 Å². The fraction of sp³-hybridized carbons (Fsp3) is 0.800. The van der Waals surface area contributed by atoms with Crippen LogP contribution in [0.15, 0.2) is 0 Å². The van der Waals surface area contributed by atoms with E-state index in [1.165, 1.54) is 6.92 Å². The third-order valence-electron chi connectivity index (χ3n) is 2.07. The van der Waals surface area contributed by atoms with Crippen molar-refractivity contribution < 1.29 is 14.7 Å². The molecule has 5 nitrogen and oxygen atoms in total. The minimum Gasteiger partial charge on any atom is -0.481 e. The number of carbonyl (C=O) groups excluding carboxylic acids is 1. The predicted octanol–water partition coefficient (Wildman–Crippen LogP) is 0.197. The third-order valence-corrected chi connectivity index (χ3v) is 2.07. The molecular formula is C10H20N2O3. The number of hydrogen-bond acceptors (Lipinski definition) is 3. The van der Waals surface area contributed by atoms with Gasteiger partial charge in [-0.05, 0) is 12.3 Å². The molecule has 2 atom stereocenters. The second-order valence-electron chi connectivity index (χ2n) is 4.22. The molecule has 0 aliphatic heterocycles. The van der Waals surface area contributed by atoms with Crippen molar-refractivity contribution in [1.29, 1.82) is 0 Å². The van der Waals surface area contributed by atoms with E-state index >= 15 is 0 Å². The zero-order valence-electron chi connectivity index (χ0n) is 9.49. The standard InChI is InChI=1S/C10H20N2O3/c1-6(2)4-8(11)9(13)12-5-7(3)10(14)15/h6-8H,4-5,11H2,1-3H3,(H,12,13)(H,14,15)/t7?,8-/m1/s1. The highest BCUT2D eigenvalue weighted by Gasteiger charge is 2.17. The average Bonchev–Trinajstić information content (AvgIpc) is 2.12. The molecule has 0 saturated heterocycles. The highest BCUT2D eigenvalue weighted by molar-refractivity contribution is 5.82. The topological polar surface area (TPSA) is 92.4 Å². The van der Waals surface area contributed by atoms with Gasteiger partial charge in [0.25, 0.3) is 0 Å². The zero-order valence-corrected chi connectivity index (χ0v) is 9.49. The molecule has 0 saturated carbocycles. The number of nitrogens with two attached hydrogens (primary N) is 1. The number of carboxylic acids is 1. The lowest BCUT2D eigenvalue weighted by molar-refractivity contribution is -0.141. The minimum atomic E-state index is -0.923. The summed E-state index contributed by atoms with van der Waals surface area (Å²) in [5, 5.41) is 11.1. The van der Waals surface area contributed by atoms with Gasteiger partial charge >= 0.3 is 5.97 Å². The van der Waals surface area contributed by atoms with Gasteiger partial charge in [0.2, 0.25) is 5.91 Å². The molecular weight excluding hydrogens is 196 g/mol. The number of aliphatic carboxylic acids is 1. The van der Waals surface area contributed by atoms with Gasteiger partial charge in [0, 0.05) is 6.54 Å². The van der Waals surface area contributed by atoms with Crippen LogP contribution in [0.5, 0.6) is 0 Å². The van der Waals surface area contributed by atoms with Crippen LogP contribution in [0.1, 0.15) is 27.2 Å². The third kappa shape index (κ3) is 6.06. The van der Waals surface area contributed by atoms with Gasteiger partial charge in [-0.25, -0.2) is 0 Å². The lowest BCUT2D eigenvalue weighted by atomic mass is 10.0. The van der Waals surface area contributed by atoms with E-state index in [2.05, 4.69) is 5.32 Å². The first-order valence-corrected chi connectivity index (χ1v) is 5.10. The van der Waals surface area contributed by atoms with Gasteiger partial charge in [-0.15, -0.1) is 0 Å². The normalized spacial score (nSPS) is 14.7. The maximum absolute atomic E-state index is 11.4. The van der Waals surface area contributed by atoms with Gasteiger partial charge in [0.1, 0.15) is 0 Å². The zero-order chi connectivity index (χ0) is 12.0. The van der Waals surface area contributed by atoms with E-state index in [-0.39, 0.29) is 12.5 Å². The highest BCUT2D eigenvalue weighted by atomic mass is 16.4. The summed E-state index contributed by atoms with van der Waals surface area (Å²) in [6, 6.07) is -0.550. The second-order valence-corrected chi connectivity index (χ2v) is 4.22. The summed E-state index contributed by atoms with van der Waals surface area (Å²) in [6.07, 6.45) is 0.604. The molecule has 0 fully saturated rings. The van der Waals surface area contributed by atoms with E-state index in [1.807, 2.05) is 13.8 Å². The molecule has 0 aromatic heterocycles. The van der Waals surface area contributed by atoms with Gasteiger partial charge < -0.3 is 16.2 Å². The van der Waals surface area contributed by atoms with Gasteiger partial charge in [-0.2, -0.15) is 0 Å². The van der Waals surface area contributed by atoms with Gasteiger partial charge in [0.05, 0.1) is 12.0 Å². The van der Waals surface area contributed by atoms with Crippen LogP contribution in [-0.2, 0) is 9.59 Å². The number of carbonyl (C=O) groups is 2. The molecule has 0 aliphatic carbocycles. The summed E-state index contributed by atoms with van der Waals surface area (Å²) in [6.45, 7) is 5.62. The monoisotopic (exact) mass is 216 g/mol. The molecule has 0 aromatic rings. The summed E-state index contributed by atoms with van der Waals surface area (Å²) >= 11 is 0. The van der Waals surface area contributed by atoms with E-state index in [4.69, 9.17) is 10.8 Å². The molecule has 0 heterocycles. The van der Waals surface area contributed by atoms with Crippen molar-refractivity contribution >= 4 is 11.9 Å². The molecule has 0 bridgehead atoms. The van der Waals surface area contributed by atoms with Crippen molar-refractivity contribution in [2.45, 2.75) is 33.2 Å². The second kappa shape index (κ2) is 6.40. The van der Waals surface area contributed by atoms with Crippen molar-refractivity contribution in [2.24, 2.45) is 17.6 Å². The quantitative estimate of drug-likeness (QED) is 0.591. The number of rotatable bonds is 6. The first-order chi connectivity index (χ1) is 6.84. The number of amides is 1. The molecule has 0 aromatic carbocycles. The summed E-state index contributed by atoms with van der Waals surface area (Å²) in [7, 11) is 0. The summed E-state index contributed by atoms with van der Waals surface area (Å²) < 4.78 is 0. The molecule has 15 heavy (non-hydrogen) atoms. The van der Waals surface area contributed by atoms with Crippen LogP contribution in [0.2, 0.25) is 0 Å². The van der Waals surface area contributed by atoms with E-state index in [9.17, 15) is 9.59 Å². The number of hydrogen-bond donors (Lipinski definition) is 3. The molecule has 0 aliphatic rings. The molecule has 0 spiro atoms. The van der Waals surface area contributed by atoms with E-state index in [0.717, 1.165) is 0 Å². The molecule has 1 unspecified atom stereocenters. The van der Waals surface area contributed by atoms with Crippen LogP contribution in [0, 0.1) is 11.8 Å². The Labute approximate surface area is 90.0 Å². The lowest BCUT2D eigenvalue weighted by Crippen LogP contribution is -2.43.